The van der Waals surface area contributed by atoms with Crippen LogP contribution >= 0.6 is 31.9 Å². The van der Waals surface area contributed by atoms with E-state index in [1.165, 1.54) is 4.90 Å². The maximum atomic E-state index is 12.7. The lowest BCUT2D eigenvalue weighted by Gasteiger charge is -2.27. The molecular formula is C17H15Br2NO2. The number of alkyl halides is 1. The van der Waals surface area contributed by atoms with E-state index >= 15 is 0 Å². The summed E-state index contributed by atoms with van der Waals surface area (Å²) in [6.45, 7) is 0.483. The van der Waals surface area contributed by atoms with E-state index in [4.69, 9.17) is 0 Å². The molecule has 5 heteroatoms. The van der Waals surface area contributed by atoms with E-state index in [9.17, 15) is 9.59 Å². The molecule has 0 N–H and O–H groups in total. The van der Waals surface area contributed by atoms with Crippen molar-refractivity contribution in [3.05, 3.63) is 45.9 Å². The summed E-state index contributed by atoms with van der Waals surface area (Å²) in [5.74, 6) is -0.361. The minimum absolute atomic E-state index is 0.181. The average molecular weight is 425 g/mol. The molecule has 0 aliphatic carbocycles. The Morgan fingerprint density at radius 3 is 2.36 bits per heavy atom. The fourth-order valence-corrected chi connectivity index (χ4v) is 3.71. The van der Waals surface area contributed by atoms with Crippen LogP contribution < -0.4 is 0 Å². The number of unbranched alkanes of at least 4 members (excludes halogenated alkanes) is 2. The lowest BCUT2D eigenvalue weighted by molar-refractivity contribution is 0.0608. The van der Waals surface area contributed by atoms with Gasteiger partial charge in [-0.2, -0.15) is 0 Å². The third kappa shape index (κ3) is 2.61. The molecule has 3 rings (SSSR count). The summed E-state index contributed by atoms with van der Waals surface area (Å²) in [5, 5.41) is 2.63. The van der Waals surface area contributed by atoms with Crippen molar-refractivity contribution in [1.82, 2.24) is 4.90 Å². The molecular weight excluding hydrogens is 410 g/mol. The number of carbonyl (C=O) groups excluding carboxylic acids is 2. The summed E-state index contributed by atoms with van der Waals surface area (Å²) in [4.78, 5) is 26.7. The quantitative estimate of drug-likeness (QED) is 0.394. The fraction of sp³-hybridized carbons (Fsp3) is 0.294. The molecule has 1 heterocycles. The van der Waals surface area contributed by atoms with Crippen LogP contribution in [0.2, 0.25) is 0 Å². The summed E-state index contributed by atoms with van der Waals surface area (Å²) in [6, 6.07) is 9.27. The first kappa shape index (κ1) is 15.7. The highest BCUT2D eigenvalue weighted by molar-refractivity contribution is 9.10. The van der Waals surface area contributed by atoms with Gasteiger partial charge in [0, 0.05) is 32.9 Å². The van der Waals surface area contributed by atoms with Crippen molar-refractivity contribution in [3.63, 3.8) is 0 Å². The number of amides is 2. The molecule has 0 saturated carbocycles. The third-order valence-electron chi connectivity index (χ3n) is 3.95. The van der Waals surface area contributed by atoms with Crippen LogP contribution in [0.25, 0.3) is 10.8 Å². The van der Waals surface area contributed by atoms with Crippen LogP contribution in [0, 0.1) is 0 Å². The van der Waals surface area contributed by atoms with Crippen LogP contribution in [0.3, 0.4) is 0 Å². The van der Waals surface area contributed by atoms with E-state index in [0.29, 0.717) is 17.7 Å². The second-order valence-electron chi connectivity index (χ2n) is 5.33. The average Bonchev–Trinajstić information content (AvgIpc) is 2.53. The number of carbonyl (C=O) groups is 2. The second kappa shape index (κ2) is 6.50. The monoisotopic (exact) mass is 423 g/mol. The van der Waals surface area contributed by atoms with Gasteiger partial charge in [0.05, 0.1) is 0 Å². The van der Waals surface area contributed by atoms with Crippen LogP contribution in [0.15, 0.2) is 34.8 Å². The molecule has 2 aromatic rings. The molecule has 0 unspecified atom stereocenters. The van der Waals surface area contributed by atoms with Gasteiger partial charge in [0.25, 0.3) is 11.8 Å². The molecule has 1 aliphatic heterocycles. The Morgan fingerprint density at radius 1 is 0.909 bits per heavy atom. The van der Waals surface area contributed by atoms with Gasteiger partial charge >= 0.3 is 0 Å². The number of hydrogen-bond acceptors (Lipinski definition) is 2. The highest BCUT2D eigenvalue weighted by Crippen LogP contribution is 2.34. The van der Waals surface area contributed by atoms with Gasteiger partial charge in [0.1, 0.15) is 0 Å². The molecule has 114 valence electrons. The smallest absolute Gasteiger partial charge is 0.261 e. The Morgan fingerprint density at radius 2 is 1.64 bits per heavy atom. The van der Waals surface area contributed by atoms with Crippen molar-refractivity contribution in [2.24, 2.45) is 0 Å². The van der Waals surface area contributed by atoms with Gasteiger partial charge in [-0.1, -0.05) is 50.4 Å². The minimum atomic E-state index is -0.181. The van der Waals surface area contributed by atoms with Crippen molar-refractivity contribution in [2.45, 2.75) is 19.3 Å². The SMILES string of the molecule is O=C1c2cccc3c(Br)ccc(c23)C(=O)N1CCCCCBr. The van der Waals surface area contributed by atoms with Crippen LogP contribution in [0.4, 0.5) is 0 Å². The molecule has 1 aliphatic rings. The Kier molecular flexibility index (Phi) is 4.64. The maximum Gasteiger partial charge on any atom is 0.261 e. The van der Waals surface area contributed by atoms with Crippen LogP contribution in [0.5, 0.6) is 0 Å². The van der Waals surface area contributed by atoms with E-state index in [-0.39, 0.29) is 11.8 Å². The summed E-state index contributed by atoms with van der Waals surface area (Å²) >= 11 is 6.89. The number of nitrogens with zero attached hydrogens (tertiary/aromatic N) is 1. The number of hydrogen-bond donors (Lipinski definition) is 0. The van der Waals surface area contributed by atoms with E-state index in [2.05, 4.69) is 31.9 Å². The lowest BCUT2D eigenvalue weighted by Crippen LogP contribution is -2.40. The normalized spacial score (nSPS) is 14.0. The van der Waals surface area contributed by atoms with Crippen LogP contribution in [-0.4, -0.2) is 28.6 Å². The van der Waals surface area contributed by atoms with Gasteiger partial charge in [0.2, 0.25) is 0 Å². The molecule has 2 aromatic carbocycles. The number of benzene rings is 2. The van der Waals surface area contributed by atoms with Crippen LogP contribution in [0.1, 0.15) is 40.0 Å². The van der Waals surface area contributed by atoms with E-state index in [0.717, 1.165) is 39.8 Å². The highest BCUT2D eigenvalue weighted by Gasteiger charge is 2.32. The first-order chi connectivity index (χ1) is 10.6. The molecule has 3 nitrogen and oxygen atoms in total. The van der Waals surface area contributed by atoms with E-state index in [1.54, 1.807) is 12.1 Å². The largest absolute Gasteiger partial charge is 0.274 e. The Hall–Kier alpha value is -1.20. The van der Waals surface area contributed by atoms with Crippen molar-refractivity contribution < 1.29 is 9.59 Å². The zero-order valence-electron chi connectivity index (χ0n) is 11.9. The third-order valence-corrected chi connectivity index (χ3v) is 5.21. The van der Waals surface area contributed by atoms with Crippen molar-refractivity contribution in [2.75, 3.05) is 11.9 Å². The molecule has 0 bridgehead atoms. The zero-order chi connectivity index (χ0) is 15.7. The molecule has 2 amide bonds. The topological polar surface area (TPSA) is 37.4 Å². The summed E-state index contributed by atoms with van der Waals surface area (Å²) in [6.07, 6.45) is 2.89. The van der Waals surface area contributed by atoms with Gasteiger partial charge in [-0.15, -0.1) is 0 Å². The Labute approximate surface area is 145 Å². The maximum absolute atomic E-state index is 12.7. The van der Waals surface area contributed by atoms with Crippen LogP contribution in [-0.2, 0) is 0 Å². The molecule has 0 fully saturated rings. The van der Waals surface area contributed by atoms with Gasteiger partial charge in [0.15, 0.2) is 0 Å². The van der Waals surface area contributed by atoms with Gasteiger partial charge in [-0.05, 0) is 36.4 Å². The fourth-order valence-electron chi connectivity index (χ4n) is 2.85. The van der Waals surface area contributed by atoms with E-state index in [1.807, 2.05) is 18.2 Å². The molecule has 22 heavy (non-hydrogen) atoms. The van der Waals surface area contributed by atoms with Crippen molar-refractivity contribution >= 4 is 54.4 Å². The first-order valence-corrected chi connectivity index (χ1v) is 9.20. The Balaban J connectivity index is 2.00. The first-order valence-electron chi connectivity index (χ1n) is 7.28. The standard InChI is InChI=1S/C17H15Br2NO2/c18-9-2-1-3-10-20-16(21)12-6-4-5-11-14(19)8-7-13(15(11)12)17(20)22/h4-8H,1-3,9-10H2. The molecule has 0 spiro atoms. The summed E-state index contributed by atoms with van der Waals surface area (Å²) in [7, 11) is 0. The van der Waals surface area contributed by atoms with Gasteiger partial charge in [-0.3, -0.25) is 14.5 Å². The lowest BCUT2D eigenvalue weighted by atomic mass is 9.94. The minimum Gasteiger partial charge on any atom is -0.274 e. The zero-order valence-corrected chi connectivity index (χ0v) is 15.1. The predicted molar refractivity (Wildman–Crippen MR) is 94.7 cm³/mol. The molecule has 0 radical (unpaired) electrons. The van der Waals surface area contributed by atoms with Gasteiger partial charge < -0.3 is 0 Å². The van der Waals surface area contributed by atoms with Crippen molar-refractivity contribution in [1.29, 1.82) is 0 Å². The number of halogens is 2. The number of imide groups is 1. The molecule has 0 aromatic heterocycles. The summed E-state index contributed by atoms with van der Waals surface area (Å²) in [5.41, 5.74) is 1.24. The highest BCUT2D eigenvalue weighted by atomic mass is 79.9. The summed E-state index contributed by atoms with van der Waals surface area (Å²) < 4.78 is 0.902. The predicted octanol–water partition coefficient (Wildman–Crippen LogP) is 4.76. The molecule has 0 saturated heterocycles. The second-order valence-corrected chi connectivity index (χ2v) is 6.98. The van der Waals surface area contributed by atoms with Gasteiger partial charge in [-0.25, -0.2) is 0 Å². The van der Waals surface area contributed by atoms with Crippen molar-refractivity contribution in [3.8, 4) is 0 Å². The molecule has 0 atom stereocenters. The van der Waals surface area contributed by atoms with E-state index < -0.39 is 0 Å². The Bertz CT molecular complexity index is 735. The number of rotatable bonds is 5.